The van der Waals surface area contributed by atoms with Gasteiger partial charge in [-0.15, -0.1) is 24.8 Å². The number of rotatable bonds is 3. The molecule has 7 heteroatoms. The number of carbonyl (C=O) groups excluding carboxylic acids is 1. The summed E-state index contributed by atoms with van der Waals surface area (Å²) in [6.07, 6.45) is 7.49. The fourth-order valence-corrected chi connectivity index (χ4v) is 2.69. The molecule has 2 heterocycles. The normalized spacial score (nSPS) is 20.0. The number of imidazole rings is 1. The number of amides is 1. The van der Waals surface area contributed by atoms with Crippen molar-refractivity contribution in [2.24, 2.45) is 0 Å². The Morgan fingerprint density at radius 3 is 2.65 bits per heavy atom. The second-order valence-electron chi connectivity index (χ2n) is 5.48. The van der Waals surface area contributed by atoms with Gasteiger partial charge in [-0.1, -0.05) is 0 Å². The van der Waals surface area contributed by atoms with E-state index in [0.717, 1.165) is 25.1 Å². The van der Waals surface area contributed by atoms with Crippen LogP contribution in [0.1, 0.15) is 30.1 Å². The second-order valence-corrected chi connectivity index (χ2v) is 5.48. The molecule has 2 atom stereocenters. The van der Waals surface area contributed by atoms with E-state index in [-0.39, 0.29) is 36.8 Å². The molecule has 1 aromatic carbocycles. The lowest BCUT2D eigenvalue weighted by atomic mass is 9.99. The first kappa shape index (κ1) is 19.5. The lowest BCUT2D eigenvalue weighted by Crippen LogP contribution is -2.51. The summed E-state index contributed by atoms with van der Waals surface area (Å²) in [5.41, 5.74) is 1.69. The molecule has 1 aliphatic rings. The summed E-state index contributed by atoms with van der Waals surface area (Å²) in [7, 11) is 0. The van der Waals surface area contributed by atoms with Gasteiger partial charge in [-0.25, -0.2) is 4.98 Å². The molecule has 0 aliphatic carbocycles. The van der Waals surface area contributed by atoms with Crippen LogP contribution in [0.3, 0.4) is 0 Å². The van der Waals surface area contributed by atoms with Crippen molar-refractivity contribution >= 4 is 30.7 Å². The molecule has 126 valence electrons. The highest BCUT2D eigenvalue weighted by Gasteiger charge is 2.22. The van der Waals surface area contributed by atoms with Crippen LogP contribution in [-0.2, 0) is 0 Å². The Morgan fingerprint density at radius 2 is 2.04 bits per heavy atom. The highest BCUT2D eigenvalue weighted by atomic mass is 35.5. The van der Waals surface area contributed by atoms with Gasteiger partial charge in [-0.3, -0.25) is 4.79 Å². The van der Waals surface area contributed by atoms with Crippen molar-refractivity contribution in [2.45, 2.75) is 31.8 Å². The van der Waals surface area contributed by atoms with Gasteiger partial charge in [-0.2, -0.15) is 0 Å². The molecule has 0 bridgehead atoms. The third-order valence-electron chi connectivity index (χ3n) is 4.01. The predicted molar refractivity (Wildman–Crippen MR) is 96.0 cm³/mol. The maximum absolute atomic E-state index is 12.3. The molecule has 1 aliphatic heterocycles. The molecule has 0 spiro atoms. The molecule has 1 fully saturated rings. The third kappa shape index (κ3) is 4.70. The third-order valence-corrected chi connectivity index (χ3v) is 4.01. The number of hydrogen-bond acceptors (Lipinski definition) is 3. The molecule has 2 unspecified atom stereocenters. The fourth-order valence-electron chi connectivity index (χ4n) is 2.69. The van der Waals surface area contributed by atoms with Crippen molar-refractivity contribution in [3.63, 3.8) is 0 Å². The number of benzene rings is 1. The van der Waals surface area contributed by atoms with Crippen LogP contribution in [0.15, 0.2) is 43.0 Å². The first-order valence-corrected chi connectivity index (χ1v) is 7.37. The second kappa shape index (κ2) is 8.91. The van der Waals surface area contributed by atoms with Crippen LogP contribution in [0.2, 0.25) is 0 Å². The van der Waals surface area contributed by atoms with E-state index in [9.17, 15) is 4.79 Å². The quantitative estimate of drug-likeness (QED) is 0.888. The summed E-state index contributed by atoms with van der Waals surface area (Å²) >= 11 is 0. The minimum atomic E-state index is -0.00673. The molecule has 5 nitrogen and oxygen atoms in total. The summed E-state index contributed by atoms with van der Waals surface area (Å²) in [5, 5.41) is 6.51. The van der Waals surface area contributed by atoms with Crippen molar-refractivity contribution in [1.82, 2.24) is 20.2 Å². The van der Waals surface area contributed by atoms with E-state index in [1.54, 1.807) is 12.5 Å². The number of hydrogen-bond donors (Lipinski definition) is 2. The van der Waals surface area contributed by atoms with E-state index in [1.165, 1.54) is 0 Å². The van der Waals surface area contributed by atoms with Gasteiger partial charge in [0.2, 0.25) is 0 Å². The number of aromatic nitrogens is 2. The number of piperidine rings is 1. The van der Waals surface area contributed by atoms with E-state index in [4.69, 9.17) is 0 Å². The molecule has 2 N–H and O–H groups in total. The maximum atomic E-state index is 12.3. The average Bonchev–Trinajstić information content (AvgIpc) is 3.04. The SMILES string of the molecule is CC1NCCCC1NC(=O)c1ccc(-n2ccnc2)cc1.Cl.Cl. The molecule has 23 heavy (non-hydrogen) atoms. The topological polar surface area (TPSA) is 58.9 Å². The maximum Gasteiger partial charge on any atom is 0.251 e. The molecule has 0 radical (unpaired) electrons. The lowest BCUT2D eigenvalue weighted by Gasteiger charge is -2.30. The van der Waals surface area contributed by atoms with Gasteiger partial charge in [0.15, 0.2) is 0 Å². The van der Waals surface area contributed by atoms with Gasteiger partial charge in [0.1, 0.15) is 0 Å². The minimum Gasteiger partial charge on any atom is -0.348 e. The van der Waals surface area contributed by atoms with E-state index in [0.29, 0.717) is 11.6 Å². The van der Waals surface area contributed by atoms with E-state index < -0.39 is 0 Å². The summed E-state index contributed by atoms with van der Waals surface area (Å²) in [6.45, 7) is 3.15. The smallest absolute Gasteiger partial charge is 0.251 e. The zero-order chi connectivity index (χ0) is 14.7. The molecule has 0 saturated carbocycles. The highest BCUT2D eigenvalue weighted by Crippen LogP contribution is 2.12. The fraction of sp³-hybridized carbons (Fsp3) is 0.375. The standard InChI is InChI=1S/C16H20N4O.2ClH/c1-12-15(3-2-8-18-12)19-16(21)13-4-6-14(7-5-13)20-10-9-17-11-20;;/h4-7,9-12,15,18H,2-3,8H2,1H3,(H,19,21);2*1H. The molecule has 3 rings (SSSR count). The summed E-state index contributed by atoms with van der Waals surface area (Å²) in [6, 6.07) is 8.10. The predicted octanol–water partition coefficient (Wildman–Crippen LogP) is 2.59. The molecule has 2 aromatic rings. The van der Waals surface area contributed by atoms with Crippen molar-refractivity contribution in [1.29, 1.82) is 0 Å². The van der Waals surface area contributed by atoms with Crippen molar-refractivity contribution in [2.75, 3.05) is 6.54 Å². The van der Waals surface area contributed by atoms with Gasteiger partial charge >= 0.3 is 0 Å². The molecular weight excluding hydrogens is 335 g/mol. The number of nitrogens with zero attached hydrogens (tertiary/aromatic N) is 2. The Hall–Kier alpha value is -1.56. The Labute approximate surface area is 148 Å². The van der Waals surface area contributed by atoms with Gasteiger partial charge in [-0.05, 0) is 50.6 Å². The number of nitrogens with one attached hydrogen (secondary N) is 2. The van der Waals surface area contributed by atoms with Crippen LogP contribution in [0.5, 0.6) is 0 Å². The van der Waals surface area contributed by atoms with E-state index >= 15 is 0 Å². The number of halogens is 2. The van der Waals surface area contributed by atoms with Crippen LogP contribution < -0.4 is 10.6 Å². The van der Waals surface area contributed by atoms with Gasteiger partial charge < -0.3 is 15.2 Å². The minimum absolute atomic E-state index is 0. The van der Waals surface area contributed by atoms with Crippen molar-refractivity contribution in [3.8, 4) is 5.69 Å². The van der Waals surface area contributed by atoms with E-state index in [2.05, 4.69) is 22.5 Å². The summed E-state index contributed by atoms with van der Waals surface area (Å²) in [4.78, 5) is 16.3. The molecular formula is C16H22Cl2N4O. The largest absolute Gasteiger partial charge is 0.348 e. The van der Waals surface area contributed by atoms with Gasteiger partial charge in [0, 0.05) is 35.7 Å². The Bertz CT molecular complexity index is 601. The Balaban J connectivity index is 0.00000132. The zero-order valence-corrected chi connectivity index (χ0v) is 14.6. The van der Waals surface area contributed by atoms with E-state index in [1.807, 2.05) is 35.0 Å². The monoisotopic (exact) mass is 356 g/mol. The first-order chi connectivity index (χ1) is 10.2. The zero-order valence-electron chi connectivity index (χ0n) is 12.9. The Kier molecular flexibility index (Phi) is 7.55. The van der Waals surface area contributed by atoms with Crippen molar-refractivity contribution < 1.29 is 4.79 Å². The summed E-state index contributed by atoms with van der Waals surface area (Å²) < 4.78 is 1.91. The summed E-state index contributed by atoms with van der Waals surface area (Å²) in [5.74, 6) is -0.00673. The highest BCUT2D eigenvalue weighted by molar-refractivity contribution is 5.94. The molecule has 1 saturated heterocycles. The van der Waals surface area contributed by atoms with Crippen LogP contribution in [0.4, 0.5) is 0 Å². The van der Waals surface area contributed by atoms with Crippen LogP contribution in [-0.4, -0.2) is 34.1 Å². The Morgan fingerprint density at radius 1 is 1.30 bits per heavy atom. The van der Waals surface area contributed by atoms with Crippen molar-refractivity contribution in [3.05, 3.63) is 48.5 Å². The molecule has 1 amide bonds. The van der Waals surface area contributed by atoms with Crippen LogP contribution in [0.25, 0.3) is 5.69 Å². The van der Waals surface area contributed by atoms with Gasteiger partial charge in [0.25, 0.3) is 5.91 Å². The molecule has 1 aromatic heterocycles. The lowest BCUT2D eigenvalue weighted by molar-refractivity contribution is 0.0920. The van der Waals surface area contributed by atoms with Gasteiger partial charge in [0.05, 0.1) is 6.33 Å². The average molecular weight is 357 g/mol. The van der Waals surface area contributed by atoms with Crippen LogP contribution >= 0.6 is 24.8 Å². The first-order valence-electron chi connectivity index (χ1n) is 7.37. The number of carbonyl (C=O) groups is 1. The van der Waals surface area contributed by atoms with Crippen LogP contribution in [0, 0.1) is 0 Å².